The predicted molar refractivity (Wildman–Crippen MR) is 87.6 cm³/mol. The van der Waals surface area contributed by atoms with E-state index in [0.717, 1.165) is 23.0 Å². The van der Waals surface area contributed by atoms with Crippen molar-refractivity contribution in [2.75, 3.05) is 10.6 Å². The number of amides is 1. The van der Waals surface area contributed by atoms with Gasteiger partial charge in [-0.05, 0) is 31.2 Å². The predicted octanol–water partition coefficient (Wildman–Crippen LogP) is 3.35. The van der Waals surface area contributed by atoms with Gasteiger partial charge in [-0.15, -0.1) is 0 Å². The molecule has 0 spiro atoms. The summed E-state index contributed by atoms with van der Waals surface area (Å²) < 4.78 is 26.1. The number of para-hydroxylation sites is 1. The molecule has 122 valence electrons. The molecule has 3 rings (SSSR count). The lowest BCUT2D eigenvalue weighted by Crippen LogP contribution is -2.32. The number of halogens is 2. The number of rotatable bonds is 4. The molecule has 1 amide bonds. The smallest absolute Gasteiger partial charge is 0.246 e. The van der Waals surface area contributed by atoms with Crippen LogP contribution in [0.15, 0.2) is 48.8 Å². The Morgan fingerprint density at radius 3 is 2.67 bits per heavy atom. The van der Waals surface area contributed by atoms with Gasteiger partial charge in [0.15, 0.2) is 11.6 Å². The average molecular weight is 328 g/mol. The second kappa shape index (κ2) is 6.57. The Labute approximate surface area is 136 Å². The summed E-state index contributed by atoms with van der Waals surface area (Å²) in [7, 11) is 0. The minimum atomic E-state index is -1.02. The molecular weight excluding hydrogens is 314 g/mol. The second-order valence-corrected chi connectivity index (χ2v) is 5.22. The summed E-state index contributed by atoms with van der Waals surface area (Å²) in [6.45, 7) is 1.64. The summed E-state index contributed by atoms with van der Waals surface area (Å²) in [6, 6.07) is 9.94. The summed E-state index contributed by atoms with van der Waals surface area (Å²) in [5.41, 5.74) is 0.934. The number of anilines is 2. The van der Waals surface area contributed by atoms with Crippen molar-refractivity contribution in [2.24, 2.45) is 0 Å². The molecular formula is C17H14F2N4O. The van der Waals surface area contributed by atoms with Gasteiger partial charge in [0.1, 0.15) is 18.2 Å². The van der Waals surface area contributed by atoms with Crippen molar-refractivity contribution in [3.05, 3.63) is 60.4 Å². The van der Waals surface area contributed by atoms with Crippen LogP contribution >= 0.6 is 0 Å². The van der Waals surface area contributed by atoms with Crippen LogP contribution in [0.25, 0.3) is 10.9 Å². The molecule has 0 saturated carbocycles. The van der Waals surface area contributed by atoms with E-state index < -0.39 is 23.6 Å². The summed E-state index contributed by atoms with van der Waals surface area (Å²) >= 11 is 0. The monoisotopic (exact) mass is 328 g/mol. The van der Waals surface area contributed by atoms with Crippen molar-refractivity contribution >= 4 is 28.3 Å². The molecule has 3 aromatic rings. The van der Waals surface area contributed by atoms with Crippen molar-refractivity contribution in [1.82, 2.24) is 9.97 Å². The molecule has 5 nitrogen and oxygen atoms in total. The number of benzene rings is 2. The Bertz CT molecular complexity index is 895. The molecule has 0 saturated heterocycles. The van der Waals surface area contributed by atoms with E-state index in [2.05, 4.69) is 20.6 Å². The minimum Gasteiger partial charge on any atom is -0.358 e. The van der Waals surface area contributed by atoms with E-state index in [1.807, 2.05) is 24.3 Å². The lowest BCUT2D eigenvalue weighted by Gasteiger charge is -2.15. The SMILES string of the molecule is CC(Nc1ncnc2ccccc12)C(=O)Nc1ccc(F)c(F)c1. The molecule has 0 fully saturated rings. The Morgan fingerprint density at radius 1 is 1.08 bits per heavy atom. The zero-order valence-electron chi connectivity index (χ0n) is 12.8. The first-order valence-corrected chi connectivity index (χ1v) is 7.27. The Balaban J connectivity index is 1.75. The molecule has 1 aromatic heterocycles. The van der Waals surface area contributed by atoms with Crippen LogP contribution in [0.3, 0.4) is 0 Å². The summed E-state index contributed by atoms with van der Waals surface area (Å²) in [6.07, 6.45) is 1.41. The van der Waals surface area contributed by atoms with E-state index in [1.54, 1.807) is 6.92 Å². The highest BCUT2D eigenvalue weighted by Crippen LogP contribution is 2.19. The quantitative estimate of drug-likeness (QED) is 0.771. The van der Waals surface area contributed by atoms with Gasteiger partial charge in [0, 0.05) is 17.1 Å². The van der Waals surface area contributed by atoms with Crippen molar-refractivity contribution in [3.63, 3.8) is 0 Å². The molecule has 0 aliphatic rings. The molecule has 0 bridgehead atoms. The molecule has 0 aliphatic carbocycles. The van der Waals surface area contributed by atoms with Crippen molar-refractivity contribution in [1.29, 1.82) is 0 Å². The first-order valence-electron chi connectivity index (χ1n) is 7.27. The van der Waals surface area contributed by atoms with E-state index in [0.29, 0.717) is 5.82 Å². The van der Waals surface area contributed by atoms with Gasteiger partial charge in [0.25, 0.3) is 0 Å². The summed E-state index contributed by atoms with van der Waals surface area (Å²) in [5, 5.41) is 6.31. The van der Waals surface area contributed by atoms with Gasteiger partial charge in [-0.25, -0.2) is 18.7 Å². The van der Waals surface area contributed by atoms with Crippen molar-refractivity contribution in [3.8, 4) is 0 Å². The Kier molecular flexibility index (Phi) is 4.33. The van der Waals surface area contributed by atoms with Gasteiger partial charge >= 0.3 is 0 Å². The standard InChI is InChI=1S/C17H14F2N4O/c1-10(17(24)23-11-6-7-13(18)14(19)8-11)22-16-12-4-2-3-5-15(12)20-9-21-16/h2-10H,1H3,(H,23,24)(H,20,21,22). The highest BCUT2D eigenvalue weighted by Gasteiger charge is 2.15. The lowest BCUT2D eigenvalue weighted by molar-refractivity contribution is -0.116. The van der Waals surface area contributed by atoms with Crippen LogP contribution in [0.5, 0.6) is 0 Å². The van der Waals surface area contributed by atoms with Gasteiger partial charge in [-0.2, -0.15) is 0 Å². The maximum atomic E-state index is 13.2. The molecule has 0 radical (unpaired) electrons. The first-order chi connectivity index (χ1) is 11.5. The molecule has 7 heteroatoms. The molecule has 1 unspecified atom stereocenters. The highest BCUT2D eigenvalue weighted by molar-refractivity contribution is 5.98. The molecule has 24 heavy (non-hydrogen) atoms. The molecule has 1 atom stereocenters. The zero-order chi connectivity index (χ0) is 17.1. The van der Waals surface area contributed by atoms with E-state index >= 15 is 0 Å². The topological polar surface area (TPSA) is 66.9 Å². The number of hydrogen-bond donors (Lipinski definition) is 2. The van der Waals surface area contributed by atoms with Crippen LogP contribution < -0.4 is 10.6 Å². The average Bonchev–Trinajstić information content (AvgIpc) is 2.58. The third kappa shape index (κ3) is 3.29. The first kappa shape index (κ1) is 15.8. The third-order valence-electron chi connectivity index (χ3n) is 3.48. The number of hydrogen-bond acceptors (Lipinski definition) is 4. The van der Waals surface area contributed by atoms with Gasteiger partial charge < -0.3 is 10.6 Å². The van der Waals surface area contributed by atoms with Gasteiger partial charge in [0.05, 0.1) is 5.52 Å². The summed E-state index contributed by atoms with van der Waals surface area (Å²) in [4.78, 5) is 20.5. The fourth-order valence-corrected chi connectivity index (χ4v) is 2.21. The molecule has 1 heterocycles. The van der Waals surface area contributed by atoms with Gasteiger partial charge in [-0.3, -0.25) is 4.79 Å². The normalized spacial score (nSPS) is 12.0. The Morgan fingerprint density at radius 2 is 1.88 bits per heavy atom. The number of carbonyl (C=O) groups is 1. The van der Waals surface area contributed by atoms with Crippen molar-refractivity contribution in [2.45, 2.75) is 13.0 Å². The molecule has 0 aliphatic heterocycles. The van der Waals surface area contributed by atoms with Crippen LogP contribution in [-0.2, 0) is 4.79 Å². The number of fused-ring (bicyclic) bond motifs is 1. The van der Waals surface area contributed by atoms with Crippen LogP contribution in [0.1, 0.15) is 6.92 Å². The van der Waals surface area contributed by atoms with Gasteiger partial charge in [0.2, 0.25) is 5.91 Å². The highest BCUT2D eigenvalue weighted by atomic mass is 19.2. The van der Waals surface area contributed by atoms with E-state index in [9.17, 15) is 13.6 Å². The lowest BCUT2D eigenvalue weighted by atomic mass is 10.2. The maximum Gasteiger partial charge on any atom is 0.246 e. The van der Waals surface area contributed by atoms with Crippen LogP contribution in [-0.4, -0.2) is 21.9 Å². The maximum absolute atomic E-state index is 13.2. The minimum absolute atomic E-state index is 0.181. The second-order valence-electron chi connectivity index (χ2n) is 5.22. The number of nitrogens with one attached hydrogen (secondary N) is 2. The number of nitrogens with zero attached hydrogens (tertiary/aromatic N) is 2. The van der Waals surface area contributed by atoms with Crippen molar-refractivity contribution < 1.29 is 13.6 Å². The van der Waals surface area contributed by atoms with Crippen LogP contribution in [0.2, 0.25) is 0 Å². The van der Waals surface area contributed by atoms with Gasteiger partial charge in [-0.1, -0.05) is 12.1 Å². The van der Waals surface area contributed by atoms with E-state index in [1.165, 1.54) is 12.4 Å². The van der Waals surface area contributed by atoms with Crippen LogP contribution in [0.4, 0.5) is 20.3 Å². The summed E-state index contributed by atoms with van der Waals surface area (Å²) in [5.74, 6) is -1.86. The molecule has 2 aromatic carbocycles. The number of aromatic nitrogens is 2. The zero-order valence-corrected chi connectivity index (χ0v) is 12.8. The van der Waals surface area contributed by atoms with E-state index in [4.69, 9.17) is 0 Å². The molecule has 2 N–H and O–H groups in total. The largest absolute Gasteiger partial charge is 0.358 e. The van der Waals surface area contributed by atoms with Crippen LogP contribution in [0, 0.1) is 11.6 Å². The Hall–Kier alpha value is -3.09. The fourth-order valence-electron chi connectivity index (χ4n) is 2.21. The van der Waals surface area contributed by atoms with E-state index in [-0.39, 0.29) is 5.69 Å². The fraction of sp³-hybridized carbons (Fsp3) is 0.118. The third-order valence-corrected chi connectivity index (χ3v) is 3.48. The number of carbonyl (C=O) groups excluding carboxylic acids is 1.